The number of aromatic nitrogens is 2. The average molecular weight is 583 g/mol. The Morgan fingerprint density at radius 1 is 1.22 bits per heavy atom. The molecule has 1 fully saturated rings. The van der Waals surface area contributed by atoms with Crippen LogP contribution in [0.3, 0.4) is 0 Å². The summed E-state index contributed by atoms with van der Waals surface area (Å²) in [5, 5.41) is 7.81. The summed E-state index contributed by atoms with van der Waals surface area (Å²) in [7, 11) is 0. The lowest BCUT2D eigenvalue weighted by molar-refractivity contribution is -0.136. The van der Waals surface area contributed by atoms with Crippen LogP contribution in [0.2, 0.25) is 0 Å². The zero-order chi connectivity index (χ0) is 29.1. The van der Waals surface area contributed by atoms with Crippen molar-refractivity contribution < 1.29 is 23.6 Å². The van der Waals surface area contributed by atoms with Crippen LogP contribution in [0.1, 0.15) is 54.7 Å². The fourth-order valence-corrected chi connectivity index (χ4v) is 6.12. The Morgan fingerprint density at radius 3 is 2.83 bits per heavy atom. The Morgan fingerprint density at radius 2 is 2.05 bits per heavy atom. The van der Waals surface area contributed by atoms with Crippen LogP contribution in [0.4, 0.5) is 4.39 Å². The smallest absolute Gasteiger partial charge is 0.257 e. The summed E-state index contributed by atoms with van der Waals surface area (Å²) in [6, 6.07) is 3.24. The highest BCUT2D eigenvalue weighted by Gasteiger charge is 2.37. The number of imidazole rings is 1. The van der Waals surface area contributed by atoms with Gasteiger partial charge in [0.2, 0.25) is 17.7 Å². The molecular weight excluding hydrogens is 547 g/mol. The van der Waals surface area contributed by atoms with Gasteiger partial charge in [-0.1, -0.05) is 19.9 Å². The van der Waals surface area contributed by atoms with Crippen LogP contribution in [-0.2, 0) is 27.2 Å². The van der Waals surface area contributed by atoms with E-state index >= 15 is 0 Å². The molecule has 0 saturated carbocycles. The van der Waals surface area contributed by atoms with Gasteiger partial charge in [-0.15, -0.1) is 11.3 Å². The molecule has 1 saturated heterocycles. The lowest BCUT2D eigenvalue weighted by Crippen LogP contribution is -2.55. The topological polar surface area (TPSA) is 116 Å². The molecule has 0 unspecified atom stereocenters. The van der Waals surface area contributed by atoms with Crippen molar-refractivity contribution in [3.63, 3.8) is 0 Å². The number of nitrogens with zero attached hydrogens (tertiary/aromatic N) is 4. The first-order valence-electron chi connectivity index (χ1n) is 14.0. The minimum Gasteiger partial charge on any atom is -0.355 e. The second-order valence-corrected chi connectivity index (χ2v) is 11.9. The van der Waals surface area contributed by atoms with E-state index in [1.54, 1.807) is 18.3 Å². The van der Waals surface area contributed by atoms with Crippen molar-refractivity contribution in [2.75, 3.05) is 26.2 Å². The molecule has 0 spiro atoms. The Balaban J connectivity index is 1.40. The number of hydrogen-bond donors (Lipinski definition) is 2. The molecule has 2 bridgehead atoms. The van der Waals surface area contributed by atoms with Gasteiger partial charge in [0.1, 0.15) is 11.9 Å². The van der Waals surface area contributed by atoms with Crippen molar-refractivity contribution in [1.29, 1.82) is 0 Å². The largest absolute Gasteiger partial charge is 0.355 e. The van der Waals surface area contributed by atoms with Crippen molar-refractivity contribution >= 4 is 39.9 Å². The first kappa shape index (κ1) is 28.7. The van der Waals surface area contributed by atoms with Gasteiger partial charge >= 0.3 is 0 Å². The molecule has 2 atom stereocenters. The maximum absolute atomic E-state index is 14.7. The van der Waals surface area contributed by atoms with Gasteiger partial charge in [-0.3, -0.25) is 23.6 Å². The Kier molecular flexibility index (Phi) is 8.67. The summed E-state index contributed by atoms with van der Waals surface area (Å²) in [4.78, 5) is 61.6. The van der Waals surface area contributed by atoms with Crippen LogP contribution in [0.15, 0.2) is 36.0 Å². The number of amides is 4. The summed E-state index contributed by atoms with van der Waals surface area (Å²) in [6.45, 7) is 4.54. The van der Waals surface area contributed by atoms with Gasteiger partial charge in [-0.05, 0) is 49.3 Å². The fraction of sp³-hybridized carbons (Fsp3) is 0.483. The molecule has 2 aliphatic heterocycles. The van der Waals surface area contributed by atoms with E-state index in [0.717, 1.165) is 10.5 Å². The highest BCUT2D eigenvalue weighted by atomic mass is 32.1. The molecule has 218 valence electrons. The highest BCUT2D eigenvalue weighted by molar-refractivity contribution is 7.15. The molecular formula is C29H35FN6O4S. The van der Waals surface area contributed by atoms with Crippen molar-refractivity contribution in [3.8, 4) is 0 Å². The van der Waals surface area contributed by atoms with E-state index in [-0.39, 0.29) is 48.7 Å². The molecule has 0 radical (unpaired) electrons. The standard InChI is InChI=1S/C29H35FN6O4S/c1-18(2)23-16-35(26(38)14-20-15-34-11-12-41-29(34)32-20)17-25(37)31-9-3-5-19-7-8-22(30)21(13-19)28(40)36-10-4-6-24(36)27(39)33-23/h7-8,11-13,15,18,23-24H,3-6,9-10,14,16-17H2,1-2H3,(H,31,37)(H,33,39)/t23-,24-/m0/s1. The van der Waals surface area contributed by atoms with Gasteiger partial charge in [-0.2, -0.15) is 0 Å². The van der Waals surface area contributed by atoms with Crippen molar-refractivity contribution in [2.24, 2.45) is 5.92 Å². The van der Waals surface area contributed by atoms with Crippen molar-refractivity contribution in [2.45, 2.75) is 58.0 Å². The van der Waals surface area contributed by atoms with E-state index in [9.17, 15) is 23.6 Å². The van der Waals surface area contributed by atoms with Crippen LogP contribution < -0.4 is 10.6 Å². The Labute approximate surface area is 241 Å². The summed E-state index contributed by atoms with van der Waals surface area (Å²) in [5.74, 6) is -2.12. The summed E-state index contributed by atoms with van der Waals surface area (Å²) < 4.78 is 16.6. The lowest BCUT2D eigenvalue weighted by atomic mass is 10.0. The molecule has 2 aromatic heterocycles. The third-order valence-corrected chi connectivity index (χ3v) is 8.52. The normalized spacial score (nSPS) is 21.1. The number of halogens is 1. The predicted octanol–water partition coefficient (Wildman–Crippen LogP) is 2.41. The molecule has 12 heteroatoms. The SMILES string of the molecule is CC(C)[C@@H]1CN(C(=O)Cc2cn3ccsc3n2)CC(=O)NCCCc2ccc(F)c(c2)C(=O)N2CCC[C@H]2C(=O)N1. The molecule has 4 amide bonds. The summed E-state index contributed by atoms with van der Waals surface area (Å²) in [6.07, 6.45) is 5.89. The molecule has 41 heavy (non-hydrogen) atoms. The Hall–Kier alpha value is -3.80. The number of aryl methyl sites for hydroxylation is 1. The number of hydrogen-bond acceptors (Lipinski definition) is 6. The zero-order valence-electron chi connectivity index (χ0n) is 23.3. The van der Waals surface area contributed by atoms with E-state index in [4.69, 9.17) is 0 Å². The van der Waals surface area contributed by atoms with E-state index < -0.39 is 23.8 Å². The van der Waals surface area contributed by atoms with Gasteiger partial charge in [-0.25, -0.2) is 9.37 Å². The number of rotatable bonds is 3. The van der Waals surface area contributed by atoms with Crippen molar-refractivity contribution in [3.05, 3.63) is 58.6 Å². The molecule has 2 aliphatic rings. The minimum absolute atomic E-state index is 0.0203. The summed E-state index contributed by atoms with van der Waals surface area (Å²) >= 11 is 1.47. The predicted molar refractivity (Wildman–Crippen MR) is 152 cm³/mol. The zero-order valence-corrected chi connectivity index (χ0v) is 24.1. The quantitative estimate of drug-likeness (QED) is 0.492. The van der Waals surface area contributed by atoms with Crippen LogP contribution >= 0.6 is 11.3 Å². The second kappa shape index (κ2) is 12.4. The molecule has 3 aromatic rings. The Bertz CT molecular complexity index is 1420. The van der Waals surface area contributed by atoms with Gasteiger partial charge in [0.15, 0.2) is 4.96 Å². The maximum atomic E-state index is 14.7. The van der Waals surface area contributed by atoms with E-state index in [1.807, 2.05) is 29.8 Å². The second-order valence-electron chi connectivity index (χ2n) is 11.1. The highest BCUT2D eigenvalue weighted by Crippen LogP contribution is 2.23. The minimum atomic E-state index is -0.742. The van der Waals surface area contributed by atoms with E-state index in [1.165, 1.54) is 27.2 Å². The molecule has 0 aliphatic carbocycles. The van der Waals surface area contributed by atoms with E-state index in [0.29, 0.717) is 44.5 Å². The van der Waals surface area contributed by atoms with Crippen LogP contribution in [0.5, 0.6) is 0 Å². The van der Waals surface area contributed by atoms with Gasteiger partial charge in [0, 0.05) is 43.4 Å². The van der Waals surface area contributed by atoms with E-state index in [2.05, 4.69) is 15.6 Å². The monoisotopic (exact) mass is 582 g/mol. The molecule has 2 N–H and O–H groups in total. The number of benzene rings is 1. The van der Waals surface area contributed by atoms with Crippen LogP contribution in [0, 0.1) is 11.7 Å². The molecule has 4 heterocycles. The maximum Gasteiger partial charge on any atom is 0.257 e. The lowest BCUT2D eigenvalue weighted by Gasteiger charge is -2.32. The van der Waals surface area contributed by atoms with Crippen molar-refractivity contribution in [1.82, 2.24) is 29.8 Å². The number of carbonyl (C=O) groups excluding carboxylic acids is 4. The first-order chi connectivity index (χ1) is 19.7. The molecule has 5 rings (SSSR count). The van der Waals surface area contributed by atoms with Crippen LogP contribution in [0.25, 0.3) is 4.96 Å². The van der Waals surface area contributed by atoms with Gasteiger partial charge in [0.05, 0.1) is 24.2 Å². The fourth-order valence-electron chi connectivity index (χ4n) is 5.40. The number of carbonyl (C=O) groups is 4. The third kappa shape index (κ3) is 6.58. The number of fused-ring (bicyclic) bond motifs is 4. The number of nitrogens with one attached hydrogen (secondary N) is 2. The third-order valence-electron chi connectivity index (χ3n) is 7.75. The summed E-state index contributed by atoms with van der Waals surface area (Å²) in [5.41, 5.74) is 1.32. The number of thiazole rings is 1. The van der Waals surface area contributed by atoms with Gasteiger partial charge in [0.25, 0.3) is 5.91 Å². The van der Waals surface area contributed by atoms with Gasteiger partial charge < -0.3 is 20.4 Å². The molecule has 1 aromatic carbocycles. The average Bonchev–Trinajstić information content (AvgIpc) is 3.67. The first-order valence-corrected chi connectivity index (χ1v) is 14.9. The molecule has 10 nitrogen and oxygen atoms in total. The van der Waals surface area contributed by atoms with Crippen LogP contribution in [-0.4, -0.2) is 81.1 Å².